The fraction of sp³-hybridized carbons (Fsp3) is 0.263. The quantitative estimate of drug-likeness (QED) is 0.238. The molecule has 3 aliphatic rings. The Hall–Kier alpha value is -3.66. The molecule has 2 atom stereocenters. The predicted octanol–water partition coefficient (Wildman–Crippen LogP) is 7.04. The number of thiophene rings is 1. The molecular weight excluding hydrogens is 518 g/mol. The fourth-order valence-electron chi connectivity index (χ4n) is 7.46. The minimum absolute atomic E-state index is 0.226. The number of benzene rings is 4. The van der Waals surface area contributed by atoms with Crippen molar-refractivity contribution in [2.24, 2.45) is 5.92 Å². The van der Waals surface area contributed by atoms with Crippen molar-refractivity contribution in [2.45, 2.75) is 32.6 Å². The van der Waals surface area contributed by atoms with Gasteiger partial charge in [0.05, 0.1) is 13.2 Å². The van der Waals surface area contributed by atoms with E-state index in [1.54, 1.807) is 5.56 Å². The molecule has 1 fully saturated rings. The van der Waals surface area contributed by atoms with Gasteiger partial charge in [0.2, 0.25) is 0 Å². The summed E-state index contributed by atoms with van der Waals surface area (Å²) in [5, 5.41) is 9.14. The van der Waals surface area contributed by atoms with E-state index in [-0.39, 0.29) is 5.92 Å². The molecule has 2 aliphatic carbocycles. The van der Waals surface area contributed by atoms with Crippen molar-refractivity contribution >= 4 is 38.8 Å². The van der Waals surface area contributed by atoms with E-state index in [0.717, 1.165) is 32.7 Å². The summed E-state index contributed by atoms with van der Waals surface area (Å²) in [5.74, 6) is 0.766. The van der Waals surface area contributed by atoms with Crippen LogP contribution < -0.4 is 15.3 Å². The van der Waals surface area contributed by atoms with Crippen LogP contribution in [0.2, 0.25) is 0 Å². The van der Waals surface area contributed by atoms with Gasteiger partial charge < -0.3 is 9.64 Å². The van der Waals surface area contributed by atoms with Gasteiger partial charge in [0.1, 0.15) is 0 Å². The Balaban J connectivity index is 1.43. The maximum Gasteiger partial charge on any atom is 0.0642 e. The lowest BCUT2D eigenvalue weighted by Crippen LogP contribution is -2.36. The first-order valence-corrected chi connectivity index (χ1v) is 15.9. The summed E-state index contributed by atoms with van der Waals surface area (Å²) in [4.78, 5) is 2.47. The van der Waals surface area contributed by atoms with Crippen LogP contribution in [0.4, 0.5) is 5.69 Å². The zero-order valence-corrected chi connectivity index (χ0v) is 24.6. The van der Waals surface area contributed by atoms with Gasteiger partial charge in [-0.15, -0.1) is 11.3 Å². The van der Waals surface area contributed by atoms with Gasteiger partial charge in [-0.3, -0.25) is 0 Å². The molecule has 0 N–H and O–H groups in total. The Morgan fingerprint density at radius 3 is 2.59 bits per heavy atom. The number of ether oxygens (including phenoxy) is 1. The molecule has 3 heteroatoms. The number of hydrogen-bond acceptors (Lipinski definition) is 3. The zero-order valence-electron chi connectivity index (χ0n) is 23.8. The second-order valence-electron chi connectivity index (χ2n) is 12.0. The van der Waals surface area contributed by atoms with Crippen LogP contribution >= 0.6 is 11.3 Å². The molecule has 0 saturated carbocycles. The molecule has 2 unspecified atom stereocenters. The molecule has 2 heterocycles. The third kappa shape index (κ3) is 4.26. The van der Waals surface area contributed by atoms with E-state index in [1.807, 2.05) is 11.3 Å². The van der Waals surface area contributed by atoms with Gasteiger partial charge in [0, 0.05) is 29.4 Å². The summed E-state index contributed by atoms with van der Waals surface area (Å²) < 4.78 is 7.00. The summed E-state index contributed by atoms with van der Waals surface area (Å²) in [6, 6.07) is 30.5. The summed E-state index contributed by atoms with van der Waals surface area (Å²) in [5.41, 5.74) is 9.98. The smallest absolute Gasteiger partial charge is 0.0642 e. The first-order chi connectivity index (χ1) is 20.1. The highest BCUT2D eigenvalue weighted by Crippen LogP contribution is 2.37. The number of aryl methyl sites for hydroxylation is 1. The Bertz CT molecular complexity index is 2030. The van der Waals surface area contributed by atoms with Gasteiger partial charge >= 0.3 is 0 Å². The van der Waals surface area contributed by atoms with E-state index < -0.39 is 0 Å². The first-order valence-electron chi connectivity index (χ1n) is 15.0. The number of hydrogen-bond donors (Lipinski definition) is 0. The van der Waals surface area contributed by atoms with Crippen molar-refractivity contribution in [1.29, 1.82) is 0 Å². The van der Waals surface area contributed by atoms with Crippen molar-refractivity contribution in [1.82, 2.24) is 0 Å². The first kappa shape index (κ1) is 25.1. The molecule has 0 bridgehead atoms. The molecule has 5 aromatic rings. The van der Waals surface area contributed by atoms with Crippen LogP contribution in [0.25, 0.3) is 21.7 Å². The molecule has 0 amide bonds. The second-order valence-corrected chi connectivity index (χ2v) is 13.0. The number of rotatable bonds is 3. The maximum atomic E-state index is 5.64. The van der Waals surface area contributed by atoms with Crippen LogP contribution in [-0.4, -0.2) is 26.3 Å². The molecular formula is C38H35NOS. The lowest BCUT2D eigenvalue weighted by Gasteiger charge is -2.30. The lowest BCUT2D eigenvalue weighted by molar-refractivity contribution is 0.122. The van der Waals surface area contributed by atoms with Gasteiger partial charge in [-0.05, 0) is 115 Å². The van der Waals surface area contributed by atoms with E-state index in [2.05, 4.69) is 109 Å². The minimum atomic E-state index is 0.226. The average Bonchev–Trinajstić information content (AvgIpc) is 3.48. The van der Waals surface area contributed by atoms with E-state index >= 15 is 0 Å². The summed E-state index contributed by atoms with van der Waals surface area (Å²) in [7, 11) is 0. The van der Waals surface area contributed by atoms with Crippen LogP contribution in [0.3, 0.4) is 0 Å². The molecule has 41 heavy (non-hydrogen) atoms. The fourth-order valence-corrected chi connectivity index (χ4v) is 8.23. The van der Waals surface area contributed by atoms with Crippen molar-refractivity contribution in [3.63, 3.8) is 0 Å². The highest BCUT2D eigenvalue weighted by molar-refractivity contribution is 7.17. The molecule has 4 aromatic carbocycles. The third-order valence-electron chi connectivity index (χ3n) is 9.49. The highest BCUT2D eigenvalue weighted by atomic mass is 32.1. The Labute approximate surface area is 245 Å². The molecule has 1 aliphatic heterocycles. The van der Waals surface area contributed by atoms with E-state index in [1.165, 1.54) is 70.9 Å². The molecule has 1 saturated heterocycles. The number of fused-ring (bicyclic) bond motifs is 5. The van der Waals surface area contributed by atoms with Crippen molar-refractivity contribution in [3.8, 4) is 0 Å². The average molecular weight is 554 g/mol. The summed E-state index contributed by atoms with van der Waals surface area (Å²) in [6.45, 7) is 8.14. The molecule has 2 nitrogen and oxygen atoms in total. The number of anilines is 1. The van der Waals surface area contributed by atoms with Crippen LogP contribution in [0.15, 0.2) is 84.2 Å². The van der Waals surface area contributed by atoms with Crippen LogP contribution in [-0.2, 0) is 11.2 Å². The Morgan fingerprint density at radius 1 is 0.854 bits per heavy atom. The monoisotopic (exact) mass is 553 g/mol. The second kappa shape index (κ2) is 10.0. The van der Waals surface area contributed by atoms with Crippen LogP contribution in [0.5, 0.6) is 0 Å². The summed E-state index contributed by atoms with van der Waals surface area (Å²) >= 11 is 1.83. The topological polar surface area (TPSA) is 12.5 Å². The molecule has 0 radical (unpaired) electrons. The molecule has 1 aromatic heterocycles. The SMILES string of the molecule is Cc1cccc(C2=c3ccc4c(c3CCC2C)C(c2ccc3sccc3c2)C=c2cc(N3CCOCC3)ccc2=4)c1. The van der Waals surface area contributed by atoms with E-state index in [9.17, 15) is 0 Å². The third-order valence-corrected chi connectivity index (χ3v) is 10.4. The Kier molecular flexibility index (Phi) is 6.12. The van der Waals surface area contributed by atoms with Gasteiger partial charge in [0.15, 0.2) is 0 Å². The lowest BCUT2D eigenvalue weighted by atomic mass is 9.75. The standard InChI is InChI=1S/C38H35NOS/c1-24-4-3-5-28(20-24)37-25(2)6-9-34-33(37)12-11-32-31-10-8-30(39-15-17-40-18-16-39)22-29(31)23-35(38(32)34)26-7-13-36-27(21-26)14-19-41-36/h3-5,7-8,10-14,19-23,25,35H,6,9,15-18H2,1-2H3. The van der Waals surface area contributed by atoms with E-state index in [4.69, 9.17) is 4.74 Å². The van der Waals surface area contributed by atoms with Crippen LogP contribution in [0.1, 0.15) is 47.1 Å². The Morgan fingerprint density at radius 2 is 1.71 bits per heavy atom. The van der Waals surface area contributed by atoms with Crippen molar-refractivity contribution in [2.75, 3.05) is 31.2 Å². The predicted molar refractivity (Wildman–Crippen MR) is 172 cm³/mol. The number of morpholine rings is 1. The molecule has 204 valence electrons. The maximum absolute atomic E-state index is 5.64. The van der Waals surface area contributed by atoms with Gasteiger partial charge in [-0.2, -0.15) is 0 Å². The van der Waals surface area contributed by atoms with Crippen molar-refractivity contribution < 1.29 is 4.74 Å². The normalized spacial score (nSPS) is 19.9. The molecule has 0 spiro atoms. The van der Waals surface area contributed by atoms with Gasteiger partial charge in [-0.1, -0.05) is 67.1 Å². The summed E-state index contributed by atoms with van der Waals surface area (Å²) in [6.07, 6.45) is 4.87. The largest absolute Gasteiger partial charge is 0.378 e. The number of nitrogens with zero attached hydrogens (tertiary/aromatic N) is 1. The molecule has 8 rings (SSSR count). The minimum Gasteiger partial charge on any atom is -0.378 e. The van der Waals surface area contributed by atoms with Gasteiger partial charge in [0.25, 0.3) is 0 Å². The van der Waals surface area contributed by atoms with Gasteiger partial charge in [-0.25, -0.2) is 0 Å². The zero-order chi connectivity index (χ0) is 27.5. The van der Waals surface area contributed by atoms with E-state index in [0.29, 0.717) is 5.92 Å². The highest BCUT2D eigenvalue weighted by Gasteiger charge is 2.26. The van der Waals surface area contributed by atoms with Crippen LogP contribution in [0, 0.1) is 23.3 Å². The van der Waals surface area contributed by atoms with Crippen molar-refractivity contribution in [3.05, 3.63) is 133 Å².